The molecule has 0 aliphatic rings. The summed E-state index contributed by atoms with van der Waals surface area (Å²) in [6, 6.07) is 2.96. The highest BCUT2D eigenvalue weighted by Crippen LogP contribution is 2.30. The number of hydrogen-bond acceptors (Lipinski definition) is 5. The minimum absolute atomic E-state index is 0.0967. The van der Waals surface area contributed by atoms with Crippen LogP contribution in [0.4, 0.5) is 11.4 Å². The minimum atomic E-state index is -0.508. The number of benzene rings is 1. The lowest BCUT2D eigenvalue weighted by molar-refractivity contribution is -0.384. The van der Waals surface area contributed by atoms with Crippen molar-refractivity contribution in [1.29, 1.82) is 0 Å². The van der Waals surface area contributed by atoms with Crippen LogP contribution in [0.1, 0.15) is 5.56 Å². The number of aryl methyl sites for hydroxylation is 1. The molecule has 1 aromatic rings. The maximum atomic E-state index is 10.7. The van der Waals surface area contributed by atoms with Crippen molar-refractivity contribution in [2.75, 3.05) is 26.1 Å². The molecule has 0 bridgehead atoms. The molecule has 0 aliphatic heterocycles. The summed E-state index contributed by atoms with van der Waals surface area (Å²) in [6.07, 6.45) is -0.390. The molecule has 1 N–H and O–H groups in total. The van der Waals surface area contributed by atoms with E-state index in [9.17, 15) is 10.1 Å². The molecule has 100 valence electrons. The third kappa shape index (κ3) is 3.56. The Morgan fingerprint density at radius 2 is 2.06 bits per heavy atom. The largest absolute Gasteiger partial charge is 0.380 e. The summed E-state index contributed by atoms with van der Waals surface area (Å²) < 4.78 is 10.1. The molecule has 0 saturated carbocycles. The van der Waals surface area contributed by atoms with Crippen LogP contribution in [0.5, 0.6) is 0 Å². The van der Waals surface area contributed by atoms with Crippen LogP contribution in [0.15, 0.2) is 12.1 Å². The zero-order valence-corrected chi connectivity index (χ0v) is 11.2. The van der Waals surface area contributed by atoms with Crippen molar-refractivity contribution in [2.45, 2.75) is 13.2 Å². The molecule has 0 fully saturated rings. The molecule has 6 nitrogen and oxygen atoms in total. The second-order valence-electron chi connectivity index (χ2n) is 3.66. The van der Waals surface area contributed by atoms with Crippen LogP contribution in [0.2, 0.25) is 5.02 Å². The van der Waals surface area contributed by atoms with Crippen molar-refractivity contribution < 1.29 is 14.4 Å². The number of anilines is 1. The molecular weight excluding hydrogens is 260 g/mol. The predicted octanol–water partition coefficient (Wildman–Crippen LogP) is 2.59. The first-order chi connectivity index (χ1) is 8.49. The van der Waals surface area contributed by atoms with E-state index in [2.05, 4.69) is 5.32 Å². The predicted molar refractivity (Wildman–Crippen MR) is 69.1 cm³/mol. The number of nitrogens with one attached hydrogen (secondary N) is 1. The lowest BCUT2D eigenvalue weighted by Gasteiger charge is -2.16. The Kier molecular flexibility index (Phi) is 5.33. The van der Waals surface area contributed by atoms with Gasteiger partial charge in [0.05, 0.1) is 11.5 Å². The molecule has 0 radical (unpaired) electrons. The zero-order valence-electron chi connectivity index (χ0n) is 10.4. The zero-order chi connectivity index (χ0) is 13.7. The van der Waals surface area contributed by atoms with Gasteiger partial charge in [0, 0.05) is 26.0 Å². The fraction of sp³-hybridized carbons (Fsp3) is 0.455. The van der Waals surface area contributed by atoms with Gasteiger partial charge in [0.2, 0.25) is 0 Å². The second-order valence-corrected chi connectivity index (χ2v) is 4.06. The maximum absolute atomic E-state index is 10.7. The molecule has 1 aromatic carbocycles. The normalized spacial score (nSPS) is 10.7. The van der Waals surface area contributed by atoms with Gasteiger partial charge in [0.1, 0.15) is 5.02 Å². The van der Waals surface area contributed by atoms with E-state index in [1.165, 1.54) is 26.4 Å². The Morgan fingerprint density at radius 3 is 2.56 bits per heavy atom. The van der Waals surface area contributed by atoms with Gasteiger partial charge in [0.25, 0.3) is 5.69 Å². The summed E-state index contributed by atoms with van der Waals surface area (Å²) in [5.74, 6) is 0. The Morgan fingerprint density at radius 1 is 1.44 bits per heavy atom. The smallest absolute Gasteiger partial charge is 0.288 e. The average Bonchev–Trinajstić information content (AvgIpc) is 2.33. The van der Waals surface area contributed by atoms with Crippen LogP contribution in [-0.2, 0) is 9.47 Å². The monoisotopic (exact) mass is 274 g/mol. The van der Waals surface area contributed by atoms with Gasteiger partial charge < -0.3 is 14.8 Å². The molecule has 0 saturated heterocycles. The van der Waals surface area contributed by atoms with E-state index >= 15 is 0 Å². The molecule has 0 amide bonds. The first kappa shape index (κ1) is 14.7. The number of nitrogens with zero attached hydrogens (tertiary/aromatic N) is 1. The first-order valence-electron chi connectivity index (χ1n) is 5.23. The van der Waals surface area contributed by atoms with E-state index < -0.39 is 11.2 Å². The fourth-order valence-corrected chi connectivity index (χ4v) is 1.69. The minimum Gasteiger partial charge on any atom is -0.380 e. The van der Waals surface area contributed by atoms with Gasteiger partial charge in [-0.05, 0) is 18.6 Å². The number of methoxy groups -OCH3 is 2. The summed E-state index contributed by atoms with van der Waals surface area (Å²) in [7, 11) is 3.07. The topological polar surface area (TPSA) is 73.6 Å². The maximum Gasteiger partial charge on any atom is 0.288 e. The molecule has 18 heavy (non-hydrogen) atoms. The van der Waals surface area contributed by atoms with Crippen LogP contribution in [0, 0.1) is 17.0 Å². The molecule has 0 heterocycles. The number of nitro groups is 1. The number of nitro benzene ring substituents is 1. The van der Waals surface area contributed by atoms with Gasteiger partial charge in [-0.1, -0.05) is 11.6 Å². The Hall–Kier alpha value is -1.37. The summed E-state index contributed by atoms with van der Waals surface area (Å²) in [5.41, 5.74) is 1.34. The highest BCUT2D eigenvalue weighted by Gasteiger charge is 2.15. The Labute approximate surface area is 110 Å². The standard InChI is InChI=1S/C11H15ClN2O4/c1-7-4-10(14(15)16)8(12)5-9(7)13-6-11(17-2)18-3/h4-5,11,13H,6H2,1-3H3. The summed E-state index contributed by atoms with van der Waals surface area (Å²) in [4.78, 5) is 10.2. The van der Waals surface area contributed by atoms with Crippen LogP contribution in [0.25, 0.3) is 0 Å². The highest BCUT2D eigenvalue weighted by atomic mass is 35.5. The first-order valence-corrected chi connectivity index (χ1v) is 5.61. The van der Waals surface area contributed by atoms with Gasteiger partial charge in [-0.25, -0.2) is 0 Å². The third-order valence-electron chi connectivity index (χ3n) is 2.48. The Bertz CT molecular complexity index is 435. The molecular formula is C11H15ClN2O4. The van der Waals surface area contributed by atoms with Gasteiger partial charge in [-0.3, -0.25) is 10.1 Å². The molecule has 7 heteroatoms. The van der Waals surface area contributed by atoms with Crippen LogP contribution >= 0.6 is 11.6 Å². The number of ether oxygens (including phenoxy) is 2. The quantitative estimate of drug-likeness (QED) is 0.490. The lowest BCUT2D eigenvalue weighted by Crippen LogP contribution is -2.23. The molecule has 0 atom stereocenters. The van der Waals surface area contributed by atoms with Crippen molar-refractivity contribution in [3.63, 3.8) is 0 Å². The molecule has 0 aromatic heterocycles. The van der Waals surface area contributed by atoms with Gasteiger partial charge in [-0.15, -0.1) is 0 Å². The van der Waals surface area contributed by atoms with E-state index in [0.717, 1.165) is 5.56 Å². The van der Waals surface area contributed by atoms with Crippen LogP contribution in [0.3, 0.4) is 0 Å². The second kappa shape index (κ2) is 6.53. The van der Waals surface area contributed by atoms with E-state index in [1.54, 1.807) is 6.92 Å². The van der Waals surface area contributed by atoms with E-state index in [1.807, 2.05) is 0 Å². The number of halogens is 1. The van der Waals surface area contributed by atoms with Gasteiger partial charge in [-0.2, -0.15) is 0 Å². The molecule has 0 unspecified atom stereocenters. The van der Waals surface area contributed by atoms with Crippen LogP contribution in [-0.4, -0.2) is 32.0 Å². The van der Waals surface area contributed by atoms with E-state index in [-0.39, 0.29) is 10.7 Å². The van der Waals surface area contributed by atoms with Crippen molar-refractivity contribution >= 4 is 23.0 Å². The van der Waals surface area contributed by atoms with Crippen molar-refractivity contribution in [1.82, 2.24) is 0 Å². The molecule has 0 spiro atoms. The number of rotatable bonds is 6. The summed E-state index contributed by atoms with van der Waals surface area (Å²) >= 11 is 5.84. The van der Waals surface area contributed by atoms with Crippen molar-refractivity contribution in [3.8, 4) is 0 Å². The van der Waals surface area contributed by atoms with Crippen molar-refractivity contribution in [2.24, 2.45) is 0 Å². The Balaban J connectivity index is 2.85. The van der Waals surface area contributed by atoms with Crippen LogP contribution < -0.4 is 5.32 Å². The summed E-state index contributed by atoms with van der Waals surface area (Å²) in [6.45, 7) is 2.18. The van der Waals surface area contributed by atoms with E-state index in [0.29, 0.717) is 12.2 Å². The van der Waals surface area contributed by atoms with Crippen molar-refractivity contribution in [3.05, 3.63) is 32.8 Å². The fourth-order valence-electron chi connectivity index (χ4n) is 1.45. The lowest BCUT2D eigenvalue weighted by atomic mass is 10.2. The van der Waals surface area contributed by atoms with Gasteiger partial charge >= 0.3 is 0 Å². The molecule has 1 rings (SSSR count). The van der Waals surface area contributed by atoms with Gasteiger partial charge in [0.15, 0.2) is 6.29 Å². The average molecular weight is 275 g/mol. The SMILES string of the molecule is COC(CNc1cc(Cl)c([N+](=O)[O-])cc1C)OC. The highest BCUT2D eigenvalue weighted by molar-refractivity contribution is 6.33. The van der Waals surface area contributed by atoms with E-state index in [4.69, 9.17) is 21.1 Å². The number of hydrogen-bond donors (Lipinski definition) is 1. The summed E-state index contributed by atoms with van der Waals surface area (Å²) in [5, 5.41) is 13.9. The third-order valence-corrected chi connectivity index (χ3v) is 2.78. The molecule has 0 aliphatic carbocycles.